The summed E-state index contributed by atoms with van der Waals surface area (Å²) >= 11 is 0. The Bertz CT molecular complexity index is 1040. The SMILES string of the molecule is CCN(c1cccc2c(OC(C)C)cc(OC(C)=O)c(OC(C)=O)c12)S(C)(=O)=O. The highest BCUT2D eigenvalue weighted by atomic mass is 32.2. The van der Waals surface area contributed by atoms with Crippen molar-refractivity contribution in [3.8, 4) is 17.2 Å². The molecule has 2 rings (SSSR count). The van der Waals surface area contributed by atoms with Gasteiger partial charge in [0, 0.05) is 31.8 Å². The summed E-state index contributed by atoms with van der Waals surface area (Å²) in [6, 6.07) is 6.46. The Balaban J connectivity index is 3.02. The van der Waals surface area contributed by atoms with Gasteiger partial charge < -0.3 is 14.2 Å². The number of nitrogens with zero attached hydrogens (tertiary/aromatic N) is 1. The van der Waals surface area contributed by atoms with Gasteiger partial charge >= 0.3 is 11.9 Å². The summed E-state index contributed by atoms with van der Waals surface area (Å²) in [5.41, 5.74) is 0.284. The zero-order valence-corrected chi connectivity index (χ0v) is 18.1. The number of benzene rings is 2. The van der Waals surface area contributed by atoms with Crippen molar-refractivity contribution in [2.45, 2.75) is 40.7 Å². The number of rotatable bonds is 7. The van der Waals surface area contributed by atoms with Gasteiger partial charge in [-0.1, -0.05) is 12.1 Å². The fourth-order valence-corrected chi connectivity index (χ4v) is 3.97. The summed E-state index contributed by atoms with van der Waals surface area (Å²) in [6.45, 7) is 7.92. The molecule has 0 fully saturated rings. The fourth-order valence-electron chi connectivity index (χ4n) is 2.99. The van der Waals surface area contributed by atoms with Gasteiger partial charge in [-0.05, 0) is 26.8 Å². The molecule has 0 aliphatic carbocycles. The molecule has 0 saturated carbocycles. The van der Waals surface area contributed by atoms with E-state index in [4.69, 9.17) is 14.2 Å². The third kappa shape index (κ3) is 5.17. The molecule has 9 heteroatoms. The number of esters is 2. The van der Waals surface area contributed by atoms with Gasteiger partial charge in [0.05, 0.1) is 23.4 Å². The second kappa shape index (κ2) is 8.69. The van der Waals surface area contributed by atoms with E-state index in [2.05, 4.69) is 0 Å². The lowest BCUT2D eigenvalue weighted by molar-refractivity contribution is -0.134. The number of fused-ring (bicyclic) bond motifs is 1. The molecule has 0 unspecified atom stereocenters. The van der Waals surface area contributed by atoms with Crippen molar-refractivity contribution in [3.63, 3.8) is 0 Å². The second-order valence-electron chi connectivity index (χ2n) is 6.68. The van der Waals surface area contributed by atoms with Gasteiger partial charge in [-0.3, -0.25) is 13.9 Å². The largest absolute Gasteiger partial charge is 0.490 e. The van der Waals surface area contributed by atoms with Crippen LogP contribution in [0.2, 0.25) is 0 Å². The molecular formula is C20H25NO7S. The second-order valence-corrected chi connectivity index (χ2v) is 8.59. The van der Waals surface area contributed by atoms with Gasteiger partial charge in [0.2, 0.25) is 10.0 Å². The van der Waals surface area contributed by atoms with E-state index < -0.39 is 22.0 Å². The maximum Gasteiger partial charge on any atom is 0.308 e. The molecule has 0 N–H and O–H groups in total. The molecule has 8 nitrogen and oxygen atoms in total. The first-order valence-electron chi connectivity index (χ1n) is 9.06. The predicted molar refractivity (Wildman–Crippen MR) is 110 cm³/mol. The molecular weight excluding hydrogens is 398 g/mol. The van der Waals surface area contributed by atoms with E-state index in [1.807, 2.05) is 13.8 Å². The molecule has 29 heavy (non-hydrogen) atoms. The molecule has 0 atom stereocenters. The number of carbonyl (C=O) groups excluding carboxylic acids is 2. The van der Waals surface area contributed by atoms with Crippen LogP contribution >= 0.6 is 0 Å². The molecule has 0 heterocycles. The molecule has 0 radical (unpaired) electrons. The Morgan fingerprint density at radius 2 is 1.69 bits per heavy atom. The van der Waals surface area contributed by atoms with Gasteiger partial charge in [-0.25, -0.2) is 8.42 Å². The summed E-state index contributed by atoms with van der Waals surface area (Å²) in [5.74, 6) is -0.978. The molecule has 2 aromatic carbocycles. The van der Waals surface area contributed by atoms with Crippen molar-refractivity contribution in [2.24, 2.45) is 0 Å². The fraction of sp³-hybridized carbons (Fsp3) is 0.400. The lowest BCUT2D eigenvalue weighted by Crippen LogP contribution is -2.29. The lowest BCUT2D eigenvalue weighted by Gasteiger charge is -2.25. The number of ether oxygens (including phenoxy) is 3. The third-order valence-corrected chi connectivity index (χ3v) is 5.09. The van der Waals surface area contributed by atoms with Crippen LogP contribution in [0.15, 0.2) is 24.3 Å². The molecule has 0 saturated heterocycles. The number of hydrogen-bond donors (Lipinski definition) is 0. The smallest absolute Gasteiger partial charge is 0.308 e. The molecule has 0 spiro atoms. The maximum atomic E-state index is 12.4. The van der Waals surface area contributed by atoms with Crippen molar-refractivity contribution >= 4 is 38.4 Å². The summed E-state index contributed by atoms with van der Waals surface area (Å²) in [4.78, 5) is 23.4. The van der Waals surface area contributed by atoms with Gasteiger partial charge in [-0.15, -0.1) is 0 Å². The topological polar surface area (TPSA) is 99.2 Å². The van der Waals surface area contributed by atoms with E-state index in [1.54, 1.807) is 25.1 Å². The van der Waals surface area contributed by atoms with Gasteiger partial charge in [0.1, 0.15) is 5.75 Å². The van der Waals surface area contributed by atoms with Crippen LogP contribution in [0.4, 0.5) is 5.69 Å². The number of anilines is 1. The Morgan fingerprint density at radius 3 is 2.17 bits per heavy atom. The van der Waals surface area contributed by atoms with E-state index in [0.717, 1.165) is 6.26 Å². The van der Waals surface area contributed by atoms with Crippen molar-refractivity contribution in [1.82, 2.24) is 0 Å². The van der Waals surface area contributed by atoms with Gasteiger partial charge in [-0.2, -0.15) is 0 Å². The van der Waals surface area contributed by atoms with Crippen LogP contribution in [0.5, 0.6) is 17.2 Å². The summed E-state index contributed by atoms with van der Waals surface area (Å²) < 4.78 is 42.4. The molecule has 0 bridgehead atoms. The van der Waals surface area contributed by atoms with Crippen LogP contribution in [0.25, 0.3) is 10.8 Å². The lowest BCUT2D eigenvalue weighted by atomic mass is 10.1. The van der Waals surface area contributed by atoms with E-state index in [9.17, 15) is 18.0 Å². The highest BCUT2D eigenvalue weighted by molar-refractivity contribution is 7.92. The van der Waals surface area contributed by atoms with E-state index >= 15 is 0 Å². The minimum Gasteiger partial charge on any atom is -0.490 e. The summed E-state index contributed by atoms with van der Waals surface area (Å²) in [5, 5.41) is 0.815. The Kier molecular flexibility index (Phi) is 6.73. The van der Waals surface area contributed by atoms with Crippen LogP contribution in [-0.4, -0.2) is 39.3 Å². The van der Waals surface area contributed by atoms with E-state index in [-0.39, 0.29) is 29.8 Å². The highest BCUT2D eigenvalue weighted by Crippen LogP contribution is 2.46. The number of hydrogen-bond acceptors (Lipinski definition) is 7. The minimum atomic E-state index is -3.63. The molecule has 0 aliphatic heterocycles. The molecule has 2 aromatic rings. The average Bonchev–Trinajstić information content (AvgIpc) is 2.56. The van der Waals surface area contributed by atoms with Crippen molar-refractivity contribution in [1.29, 1.82) is 0 Å². The van der Waals surface area contributed by atoms with Gasteiger partial charge in [0.15, 0.2) is 11.5 Å². The van der Waals surface area contributed by atoms with E-state index in [0.29, 0.717) is 16.5 Å². The normalized spacial score (nSPS) is 11.4. The highest BCUT2D eigenvalue weighted by Gasteiger charge is 2.26. The Labute approximate surface area is 170 Å². The molecule has 158 valence electrons. The van der Waals surface area contributed by atoms with Crippen molar-refractivity contribution < 1.29 is 32.2 Å². The van der Waals surface area contributed by atoms with Crippen LogP contribution in [0, 0.1) is 0 Å². The maximum absolute atomic E-state index is 12.4. The first kappa shape index (κ1) is 22.5. The van der Waals surface area contributed by atoms with Crippen molar-refractivity contribution in [3.05, 3.63) is 24.3 Å². The predicted octanol–water partition coefficient (Wildman–Crippen LogP) is 3.26. The molecule has 0 amide bonds. The van der Waals surface area contributed by atoms with E-state index in [1.165, 1.54) is 24.2 Å². The average molecular weight is 423 g/mol. The first-order chi connectivity index (χ1) is 13.5. The minimum absolute atomic E-state index is 0.0344. The van der Waals surface area contributed by atoms with Crippen LogP contribution in [0.3, 0.4) is 0 Å². The standard InChI is InChI=1S/C20H25NO7S/c1-7-21(29(6,24)25)16-10-8-9-15-17(26-12(2)3)11-18(27-13(4)22)20(19(15)16)28-14(5)23/h8-12H,7H2,1-6H3. The monoisotopic (exact) mass is 423 g/mol. The van der Waals surface area contributed by atoms with Crippen LogP contribution in [0.1, 0.15) is 34.6 Å². The summed E-state index contributed by atoms with van der Waals surface area (Å²) in [7, 11) is -3.63. The molecule has 0 aromatic heterocycles. The third-order valence-electron chi connectivity index (χ3n) is 3.84. The Morgan fingerprint density at radius 1 is 1.07 bits per heavy atom. The number of carbonyl (C=O) groups is 2. The first-order valence-corrected chi connectivity index (χ1v) is 10.9. The Hall–Kier alpha value is -2.81. The quantitative estimate of drug-likeness (QED) is 0.498. The number of sulfonamides is 1. The molecule has 0 aliphatic rings. The van der Waals surface area contributed by atoms with Gasteiger partial charge in [0.25, 0.3) is 0 Å². The summed E-state index contributed by atoms with van der Waals surface area (Å²) in [6.07, 6.45) is 0.881. The van der Waals surface area contributed by atoms with Crippen molar-refractivity contribution in [2.75, 3.05) is 17.1 Å². The van der Waals surface area contributed by atoms with Crippen LogP contribution in [-0.2, 0) is 19.6 Å². The van der Waals surface area contributed by atoms with Crippen LogP contribution < -0.4 is 18.5 Å². The zero-order valence-electron chi connectivity index (χ0n) is 17.3. The zero-order chi connectivity index (χ0) is 21.9.